The Morgan fingerprint density at radius 1 is 1.07 bits per heavy atom. The van der Waals surface area contributed by atoms with Gasteiger partial charge in [-0.1, -0.05) is 18.1 Å². The fourth-order valence-corrected chi connectivity index (χ4v) is 1.40. The maximum atomic E-state index is 11.6. The van der Waals surface area contributed by atoms with Crippen LogP contribution in [-0.2, 0) is 0 Å². The van der Waals surface area contributed by atoms with Crippen LogP contribution < -0.4 is 0 Å². The van der Waals surface area contributed by atoms with Crippen molar-refractivity contribution < 1.29 is 9.59 Å². The van der Waals surface area contributed by atoms with Crippen molar-refractivity contribution >= 4 is 11.8 Å². The zero-order chi connectivity index (χ0) is 10.1. The maximum Gasteiger partial charge on any atom is 0.273 e. The topological polar surface area (TPSA) is 37.4 Å². The molecule has 0 atom stereocenters. The van der Waals surface area contributed by atoms with Crippen molar-refractivity contribution in [1.82, 2.24) is 4.90 Å². The standard InChI is InChI=1S/C11H7NO2/c1-2-7-12-10(13)8-5-3-4-6-9(8)11(12)14/h3-6H,1H3. The van der Waals surface area contributed by atoms with Gasteiger partial charge in [0.05, 0.1) is 11.1 Å². The summed E-state index contributed by atoms with van der Waals surface area (Å²) in [4.78, 5) is 24.1. The van der Waals surface area contributed by atoms with E-state index in [4.69, 9.17) is 0 Å². The lowest BCUT2D eigenvalue weighted by molar-refractivity contribution is 0.0735. The Morgan fingerprint density at radius 2 is 1.57 bits per heavy atom. The highest BCUT2D eigenvalue weighted by Gasteiger charge is 2.34. The summed E-state index contributed by atoms with van der Waals surface area (Å²) >= 11 is 0. The number of carbonyl (C=O) groups excluding carboxylic acids is 2. The largest absolute Gasteiger partial charge is 0.273 e. The van der Waals surface area contributed by atoms with Crippen LogP contribution >= 0.6 is 0 Å². The molecule has 1 aliphatic rings. The molecule has 14 heavy (non-hydrogen) atoms. The molecule has 1 aromatic rings. The molecule has 2 rings (SSSR count). The van der Waals surface area contributed by atoms with Gasteiger partial charge in [0, 0.05) is 6.04 Å². The first-order valence-corrected chi connectivity index (χ1v) is 4.16. The Labute approximate surface area is 81.3 Å². The van der Waals surface area contributed by atoms with Crippen LogP contribution in [0.4, 0.5) is 0 Å². The van der Waals surface area contributed by atoms with Crippen LogP contribution in [0.2, 0.25) is 0 Å². The molecule has 1 aliphatic heterocycles. The fraction of sp³-hybridized carbons (Fsp3) is 0.0909. The predicted octanol–water partition coefficient (Wildman–Crippen LogP) is 1.26. The quantitative estimate of drug-likeness (QED) is 0.450. The molecule has 0 fully saturated rings. The van der Waals surface area contributed by atoms with Crippen molar-refractivity contribution in [1.29, 1.82) is 0 Å². The fourth-order valence-electron chi connectivity index (χ4n) is 1.40. The van der Waals surface area contributed by atoms with Gasteiger partial charge in [0.2, 0.25) is 0 Å². The molecule has 0 bridgehead atoms. The summed E-state index contributed by atoms with van der Waals surface area (Å²) in [5.41, 5.74) is 0.862. The molecule has 1 aromatic carbocycles. The molecule has 0 spiro atoms. The van der Waals surface area contributed by atoms with Crippen LogP contribution in [0.1, 0.15) is 27.6 Å². The molecule has 0 saturated carbocycles. The van der Waals surface area contributed by atoms with Crippen molar-refractivity contribution in [3.05, 3.63) is 35.4 Å². The van der Waals surface area contributed by atoms with E-state index in [1.165, 1.54) is 0 Å². The number of hydrogen-bond acceptors (Lipinski definition) is 2. The minimum absolute atomic E-state index is 0.333. The van der Waals surface area contributed by atoms with Crippen LogP contribution in [0.25, 0.3) is 0 Å². The first kappa shape index (κ1) is 8.52. The van der Waals surface area contributed by atoms with E-state index < -0.39 is 0 Å². The van der Waals surface area contributed by atoms with Crippen molar-refractivity contribution in [2.45, 2.75) is 6.92 Å². The second kappa shape index (κ2) is 3.00. The van der Waals surface area contributed by atoms with E-state index in [-0.39, 0.29) is 11.8 Å². The molecule has 0 aliphatic carbocycles. The molecule has 3 heteroatoms. The monoisotopic (exact) mass is 185 g/mol. The SMILES string of the molecule is CC#CN1C(=O)c2ccccc2C1=O. The highest BCUT2D eigenvalue weighted by molar-refractivity contribution is 6.22. The molecule has 0 N–H and O–H groups in total. The Morgan fingerprint density at radius 3 is 2.00 bits per heavy atom. The van der Waals surface area contributed by atoms with Crippen LogP contribution in [0, 0.1) is 12.0 Å². The molecule has 68 valence electrons. The minimum atomic E-state index is -0.333. The summed E-state index contributed by atoms with van der Waals surface area (Å²) < 4.78 is 0. The van der Waals surface area contributed by atoms with Crippen molar-refractivity contribution in [2.75, 3.05) is 0 Å². The maximum absolute atomic E-state index is 11.6. The first-order valence-electron chi connectivity index (χ1n) is 4.16. The predicted molar refractivity (Wildman–Crippen MR) is 50.4 cm³/mol. The highest BCUT2D eigenvalue weighted by Crippen LogP contribution is 2.21. The van der Waals surface area contributed by atoms with E-state index in [0.29, 0.717) is 11.1 Å². The van der Waals surface area contributed by atoms with E-state index in [2.05, 4.69) is 12.0 Å². The minimum Gasteiger partial charge on any atom is -0.267 e. The Kier molecular flexibility index (Phi) is 1.83. The number of imide groups is 1. The number of carbonyl (C=O) groups is 2. The summed E-state index contributed by atoms with van der Waals surface area (Å²) in [7, 11) is 0. The van der Waals surface area contributed by atoms with Gasteiger partial charge >= 0.3 is 0 Å². The first-order chi connectivity index (χ1) is 6.75. The average Bonchev–Trinajstić information content (AvgIpc) is 2.45. The van der Waals surface area contributed by atoms with Gasteiger partial charge in [0.25, 0.3) is 11.8 Å². The van der Waals surface area contributed by atoms with Crippen LogP contribution in [-0.4, -0.2) is 16.7 Å². The van der Waals surface area contributed by atoms with Gasteiger partial charge in [-0.25, -0.2) is 0 Å². The van der Waals surface area contributed by atoms with Gasteiger partial charge in [-0.3, -0.25) is 9.59 Å². The van der Waals surface area contributed by atoms with Crippen LogP contribution in [0.3, 0.4) is 0 Å². The second-order valence-corrected chi connectivity index (χ2v) is 2.85. The molecule has 1 heterocycles. The van der Waals surface area contributed by atoms with E-state index in [1.807, 2.05) is 0 Å². The van der Waals surface area contributed by atoms with Crippen molar-refractivity contribution in [3.63, 3.8) is 0 Å². The van der Waals surface area contributed by atoms with Crippen molar-refractivity contribution in [2.24, 2.45) is 0 Å². The Balaban J connectivity index is 2.57. The number of hydrogen-bond donors (Lipinski definition) is 0. The molecule has 3 nitrogen and oxygen atoms in total. The summed E-state index contributed by atoms with van der Waals surface area (Å²) in [6.45, 7) is 1.59. The molecular formula is C11H7NO2. The van der Waals surface area contributed by atoms with E-state index >= 15 is 0 Å². The third kappa shape index (κ3) is 1.01. The second-order valence-electron chi connectivity index (χ2n) is 2.85. The highest BCUT2D eigenvalue weighted by atomic mass is 16.2. The zero-order valence-corrected chi connectivity index (χ0v) is 7.57. The molecule has 0 saturated heterocycles. The van der Waals surface area contributed by atoms with Gasteiger partial charge < -0.3 is 0 Å². The Hall–Kier alpha value is -2.08. The Bertz CT molecular complexity index is 445. The smallest absolute Gasteiger partial charge is 0.267 e. The third-order valence-electron chi connectivity index (χ3n) is 2.02. The zero-order valence-electron chi connectivity index (χ0n) is 7.57. The summed E-state index contributed by atoms with van der Waals surface area (Å²) in [6.07, 6.45) is 0. The van der Waals surface area contributed by atoms with Gasteiger partial charge in [-0.2, -0.15) is 4.90 Å². The van der Waals surface area contributed by atoms with Gasteiger partial charge in [0.1, 0.15) is 0 Å². The van der Waals surface area contributed by atoms with Crippen LogP contribution in [0.15, 0.2) is 24.3 Å². The third-order valence-corrected chi connectivity index (χ3v) is 2.02. The van der Waals surface area contributed by atoms with Crippen LogP contribution in [0.5, 0.6) is 0 Å². The number of benzene rings is 1. The van der Waals surface area contributed by atoms with E-state index in [0.717, 1.165) is 4.90 Å². The normalized spacial score (nSPS) is 13.6. The summed E-state index contributed by atoms with van der Waals surface area (Å²) in [6, 6.07) is 9.20. The number of amides is 2. The van der Waals surface area contributed by atoms with Crippen molar-refractivity contribution in [3.8, 4) is 12.0 Å². The number of rotatable bonds is 0. The molecular weight excluding hydrogens is 178 g/mol. The molecule has 2 amide bonds. The lowest BCUT2D eigenvalue weighted by atomic mass is 10.1. The van der Waals surface area contributed by atoms with Gasteiger partial charge in [-0.15, -0.1) is 0 Å². The lowest BCUT2D eigenvalue weighted by Crippen LogP contribution is -2.23. The van der Waals surface area contributed by atoms with E-state index in [1.54, 1.807) is 31.2 Å². The van der Waals surface area contributed by atoms with Gasteiger partial charge in [0.15, 0.2) is 0 Å². The van der Waals surface area contributed by atoms with E-state index in [9.17, 15) is 9.59 Å². The summed E-state index contributed by atoms with van der Waals surface area (Å²) in [5.74, 6) is 1.87. The van der Waals surface area contributed by atoms with Gasteiger partial charge in [-0.05, 0) is 19.1 Å². The molecule has 0 aromatic heterocycles. The number of fused-ring (bicyclic) bond motifs is 1. The molecule has 0 unspecified atom stereocenters. The lowest BCUT2D eigenvalue weighted by Gasteiger charge is -2.01. The summed E-state index contributed by atoms with van der Waals surface area (Å²) in [5, 5.41) is 0. The average molecular weight is 185 g/mol. The molecule has 0 radical (unpaired) electrons. The number of nitrogens with zero attached hydrogens (tertiary/aromatic N) is 1.